The lowest BCUT2D eigenvalue weighted by Crippen LogP contribution is -2.10. The number of hydrogen-bond donors (Lipinski definition) is 2. The van der Waals surface area contributed by atoms with E-state index in [4.69, 9.17) is 4.74 Å². The van der Waals surface area contributed by atoms with Crippen molar-refractivity contribution in [3.8, 4) is 16.3 Å². The molecule has 1 amide bonds. The summed E-state index contributed by atoms with van der Waals surface area (Å²) in [6.07, 6.45) is 1.75. The van der Waals surface area contributed by atoms with Crippen LogP contribution >= 0.6 is 23.3 Å². The number of anilines is 2. The van der Waals surface area contributed by atoms with Crippen molar-refractivity contribution in [2.24, 2.45) is 0 Å². The summed E-state index contributed by atoms with van der Waals surface area (Å²) in [6, 6.07) is 21.3. The minimum Gasteiger partial charge on any atom is -0.496 e. The first-order valence-corrected chi connectivity index (χ1v) is 11.7. The number of thiophene rings is 1. The highest BCUT2D eigenvalue weighted by Crippen LogP contribution is 2.35. The molecule has 5 nitrogen and oxygen atoms in total. The molecule has 7 heteroatoms. The van der Waals surface area contributed by atoms with Gasteiger partial charge in [0.25, 0.3) is 5.91 Å². The van der Waals surface area contributed by atoms with Gasteiger partial charge in [0, 0.05) is 11.9 Å². The zero-order chi connectivity index (χ0) is 22.5. The Morgan fingerprint density at radius 2 is 1.81 bits per heavy atom. The smallest absolute Gasteiger partial charge is 0.265 e. The second kappa shape index (κ2) is 9.89. The second-order valence-electron chi connectivity index (χ2n) is 7.17. The fourth-order valence-corrected chi connectivity index (χ4v) is 5.06. The number of carbonyl (C=O) groups is 1. The summed E-state index contributed by atoms with van der Waals surface area (Å²) in [4.78, 5) is 19.6. The van der Waals surface area contributed by atoms with Gasteiger partial charge >= 0.3 is 0 Å². The van der Waals surface area contributed by atoms with Gasteiger partial charge in [-0.15, -0.1) is 11.3 Å². The number of aromatic nitrogens is 1. The van der Waals surface area contributed by atoms with E-state index < -0.39 is 0 Å². The summed E-state index contributed by atoms with van der Waals surface area (Å²) in [7, 11) is 1.64. The highest BCUT2D eigenvalue weighted by molar-refractivity contribution is 8.00. The van der Waals surface area contributed by atoms with Crippen molar-refractivity contribution < 1.29 is 9.53 Å². The number of para-hydroxylation sites is 1. The standard InChI is InChI=1S/C25H23N3O2S2/c1-16-7-6-8-17(2)24(16)28-32-23-15-18(10-11-20(23)30-3)27-25(29)22-13-12-21(31-22)19-9-4-5-14-26-19/h4-15,28H,1-3H3,(H,27,29). The third-order valence-corrected chi connectivity index (χ3v) is 6.86. The molecule has 0 saturated carbocycles. The molecule has 0 aliphatic heterocycles. The molecular weight excluding hydrogens is 438 g/mol. The molecule has 4 rings (SSSR count). The van der Waals surface area contributed by atoms with Crippen molar-refractivity contribution in [3.05, 3.63) is 88.9 Å². The molecule has 0 saturated heterocycles. The van der Waals surface area contributed by atoms with Crippen molar-refractivity contribution >= 4 is 40.6 Å². The molecule has 0 radical (unpaired) electrons. The van der Waals surface area contributed by atoms with E-state index >= 15 is 0 Å². The molecule has 2 aromatic carbocycles. The van der Waals surface area contributed by atoms with Crippen LogP contribution in [0.5, 0.6) is 5.75 Å². The van der Waals surface area contributed by atoms with E-state index in [2.05, 4.69) is 41.0 Å². The fourth-order valence-electron chi connectivity index (χ4n) is 3.21. The van der Waals surface area contributed by atoms with Crippen LogP contribution < -0.4 is 14.8 Å². The maximum absolute atomic E-state index is 12.8. The Kier molecular flexibility index (Phi) is 6.78. The number of nitrogens with one attached hydrogen (secondary N) is 2. The Morgan fingerprint density at radius 3 is 2.53 bits per heavy atom. The van der Waals surface area contributed by atoms with E-state index in [1.165, 1.54) is 34.4 Å². The molecular formula is C25H23N3O2S2. The van der Waals surface area contributed by atoms with Crippen molar-refractivity contribution in [1.82, 2.24) is 4.98 Å². The van der Waals surface area contributed by atoms with Gasteiger partial charge in [-0.1, -0.05) is 24.3 Å². The minimum atomic E-state index is -0.152. The average Bonchev–Trinajstić information content (AvgIpc) is 3.30. The summed E-state index contributed by atoms with van der Waals surface area (Å²) in [6.45, 7) is 4.15. The van der Waals surface area contributed by atoms with Gasteiger partial charge in [0.15, 0.2) is 0 Å². The average molecular weight is 462 g/mol. The Morgan fingerprint density at radius 1 is 1.00 bits per heavy atom. The summed E-state index contributed by atoms with van der Waals surface area (Å²) in [5, 5.41) is 2.99. The van der Waals surface area contributed by atoms with E-state index in [1.807, 2.05) is 54.6 Å². The molecule has 4 aromatic rings. The number of ether oxygens (including phenoxy) is 1. The van der Waals surface area contributed by atoms with Crippen molar-refractivity contribution in [2.45, 2.75) is 18.7 Å². The zero-order valence-corrected chi connectivity index (χ0v) is 19.6. The van der Waals surface area contributed by atoms with Crippen LogP contribution in [0.1, 0.15) is 20.8 Å². The maximum atomic E-state index is 12.8. The van der Waals surface area contributed by atoms with Gasteiger partial charge in [-0.3, -0.25) is 9.78 Å². The lowest BCUT2D eigenvalue weighted by Gasteiger charge is -2.14. The number of nitrogens with zero attached hydrogens (tertiary/aromatic N) is 1. The molecule has 162 valence electrons. The molecule has 2 heterocycles. The van der Waals surface area contributed by atoms with Crippen LogP contribution in [0.25, 0.3) is 10.6 Å². The van der Waals surface area contributed by atoms with Crippen LogP contribution in [-0.4, -0.2) is 18.0 Å². The van der Waals surface area contributed by atoms with Crippen molar-refractivity contribution in [1.29, 1.82) is 0 Å². The predicted molar refractivity (Wildman–Crippen MR) is 134 cm³/mol. The molecule has 0 aliphatic carbocycles. The molecule has 2 aromatic heterocycles. The lowest BCUT2D eigenvalue weighted by atomic mass is 10.1. The number of pyridine rings is 1. The molecule has 0 spiro atoms. The maximum Gasteiger partial charge on any atom is 0.265 e. The van der Waals surface area contributed by atoms with Gasteiger partial charge in [-0.05, 0) is 79.4 Å². The summed E-state index contributed by atoms with van der Waals surface area (Å²) >= 11 is 2.88. The van der Waals surface area contributed by atoms with Crippen LogP contribution in [-0.2, 0) is 0 Å². The lowest BCUT2D eigenvalue weighted by molar-refractivity contribution is 0.103. The zero-order valence-electron chi connectivity index (χ0n) is 18.0. The first-order chi connectivity index (χ1) is 15.5. The monoisotopic (exact) mass is 461 g/mol. The first kappa shape index (κ1) is 21.9. The topological polar surface area (TPSA) is 63.2 Å². The molecule has 0 aliphatic rings. The molecule has 0 fully saturated rings. The van der Waals surface area contributed by atoms with Gasteiger partial charge in [-0.2, -0.15) is 0 Å². The predicted octanol–water partition coefficient (Wildman–Crippen LogP) is 6.81. The van der Waals surface area contributed by atoms with E-state index in [9.17, 15) is 4.79 Å². The van der Waals surface area contributed by atoms with Gasteiger partial charge in [-0.25, -0.2) is 0 Å². The third kappa shape index (κ3) is 4.95. The van der Waals surface area contributed by atoms with E-state index in [1.54, 1.807) is 13.3 Å². The fraction of sp³-hybridized carbons (Fsp3) is 0.120. The van der Waals surface area contributed by atoms with Gasteiger partial charge in [0.05, 0.1) is 33.1 Å². The van der Waals surface area contributed by atoms with Crippen LogP contribution in [0.4, 0.5) is 11.4 Å². The normalized spacial score (nSPS) is 10.6. The van der Waals surface area contributed by atoms with E-state index in [0.29, 0.717) is 10.6 Å². The van der Waals surface area contributed by atoms with Crippen LogP contribution in [0.3, 0.4) is 0 Å². The van der Waals surface area contributed by atoms with Crippen LogP contribution in [0.2, 0.25) is 0 Å². The number of carbonyl (C=O) groups excluding carboxylic acids is 1. The van der Waals surface area contributed by atoms with Gasteiger partial charge in [0.1, 0.15) is 5.75 Å². The minimum absolute atomic E-state index is 0.152. The summed E-state index contributed by atoms with van der Waals surface area (Å²) in [5.74, 6) is 0.585. The largest absolute Gasteiger partial charge is 0.496 e. The van der Waals surface area contributed by atoms with E-state index in [-0.39, 0.29) is 5.91 Å². The highest BCUT2D eigenvalue weighted by Gasteiger charge is 2.13. The summed E-state index contributed by atoms with van der Waals surface area (Å²) in [5.41, 5.74) is 4.98. The molecule has 0 bridgehead atoms. The molecule has 2 N–H and O–H groups in total. The quantitative estimate of drug-likeness (QED) is 0.296. The van der Waals surface area contributed by atoms with Gasteiger partial charge < -0.3 is 14.8 Å². The number of rotatable bonds is 7. The number of amides is 1. The Bertz CT molecular complexity index is 1220. The van der Waals surface area contributed by atoms with Crippen molar-refractivity contribution in [2.75, 3.05) is 17.1 Å². The number of aryl methyl sites for hydroxylation is 2. The summed E-state index contributed by atoms with van der Waals surface area (Å²) < 4.78 is 8.94. The van der Waals surface area contributed by atoms with Crippen LogP contribution in [0.15, 0.2) is 77.8 Å². The van der Waals surface area contributed by atoms with Crippen LogP contribution in [0, 0.1) is 13.8 Å². The Balaban J connectivity index is 1.50. The van der Waals surface area contributed by atoms with Crippen molar-refractivity contribution in [3.63, 3.8) is 0 Å². The number of methoxy groups -OCH3 is 1. The van der Waals surface area contributed by atoms with Gasteiger partial charge in [0.2, 0.25) is 0 Å². The first-order valence-electron chi connectivity index (χ1n) is 10.0. The Hall–Kier alpha value is -3.29. The number of benzene rings is 2. The molecule has 32 heavy (non-hydrogen) atoms. The number of hydrogen-bond acceptors (Lipinski definition) is 6. The second-order valence-corrected chi connectivity index (χ2v) is 9.10. The highest BCUT2D eigenvalue weighted by atomic mass is 32.2. The Labute approximate surface area is 196 Å². The third-order valence-electron chi connectivity index (χ3n) is 4.91. The SMILES string of the molecule is COc1ccc(NC(=O)c2ccc(-c3ccccn3)s2)cc1SNc1c(C)cccc1C. The molecule has 0 atom stereocenters. The van der Waals surface area contributed by atoms with E-state index in [0.717, 1.165) is 26.9 Å². The molecule has 0 unspecified atom stereocenters.